The van der Waals surface area contributed by atoms with Gasteiger partial charge in [-0.3, -0.25) is 0 Å². The number of alkyl halides is 1. The molecule has 72 valence electrons. The van der Waals surface area contributed by atoms with Crippen molar-refractivity contribution in [3.8, 4) is 0 Å². The molecular formula is C6H11IO5. The van der Waals surface area contributed by atoms with Crippen LogP contribution in [-0.2, 0) is 4.74 Å². The molecule has 0 spiro atoms. The van der Waals surface area contributed by atoms with Crippen molar-refractivity contribution in [1.29, 1.82) is 0 Å². The van der Waals surface area contributed by atoms with E-state index in [4.69, 9.17) is 14.9 Å². The summed E-state index contributed by atoms with van der Waals surface area (Å²) in [5, 5.41) is 36.5. The molecule has 0 aromatic carbocycles. The molecule has 0 saturated carbocycles. The van der Waals surface area contributed by atoms with Crippen LogP contribution in [0.4, 0.5) is 0 Å². The topological polar surface area (TPSA) is 90.2 Å². The number of hydrogen-bond acceptors (Lipinski definition) is 5. The van der Waals surface area contributed by atoms with Crippen molar-refractivity contribution in [2.24, 2.45) is 0 Å². The fourth-order valence-corrected chi connectivity index (χ4v) is 1.79. The Hall–Kier alpha value is 0.530. The number of ether oxygens (including phenoxy) is 1. The Morgan fingerprint density at radius 2 is 1.58 bits per heavy atom. The second-order valence-corrected chi connectivity index (χ2v) is 3.57. The second-order valence-electron chi connectivity index (χ2n) is 2.69. The van der Waals surface area contributed by atoms with Gasteiger partial charge in [-0.25, -0.2) is 0 Å². The van der Waals surface area contributed by atoms with Crippen LogP contribution in [0.2, 0.25) is 0 Å². The van der Waals surface area contributed by atoms with Gasteiger partial charge in [0.1, 0.15) is 18.3 Å². The Bertz CT molecular complexity index is 150. The Morgan fingerprint density at radius 3 is 2.08 bits per heavy atom. The van der Waals surface area contributed by atoms with Crippen molar-refractivity contribution >= 4 is 22.6 Å². The first-order chi connectivity index (χ1) is 5.57. The molecule has 1 aliphatic rings. The van der Waals surface area contributed by atoms with Crippen LogP contribution in [0.3, 0.4) is 0 Å². The molecule has 6 heteroatoms. The Kier molecular flexibility index (Phi) is 3.68. The summed E-state index contributed by atoms with van der Waals surface area (Å²) in [4.78, 5) is 0. The van der Waals surface area contributed by atoms with Gasteiger partial charge in [0.05, 0.1) is 6.10 Å². The summed E-state index contributed by atoms with van der Waals surface area (Å²) in [7, 11) is 0. The number of hydrogen-bond donors (Lipinski definition) is 4. The third-order valence-electron chi connectivity index (χ3n) is 1.84. The van der Waals surface area contributed by atoms with E-state index < -0.39 is 30.7 Å². The van der Waals surface area contributed by atoms with Crippen LogP contribution in [0, 0.1) is 0 Å². The molecule has 12 heavy (non-hydrogen) atoms. The monoisotopic (exact) mass is 290 g/mol. The van der Waals surface area contributed by atoms with E-state index in [1.165, 1.54) is 0 Å². The van der Waals surface area contributed by atoms with Gasteiger partial charge in [-0.05, 0) is 0 Å². The second kappa shape index (κ2) is 4.16. The minimum Gasteiger partial charge on any atom is -0.388 e. The largest absolute Gasteiger partial charge is 0.388 e. The Labute approximate surface area is 83.1 Å². The maximum atomic E-state index is 9.27. The van der Waals surface area contributed by atoms with E-state index in [9.17, 15) is 10.2 Å². The van der Waals surface area contributed by atoms with Crippen molar-refractivity contribution in [1.82, 2.24) is 0 Å². The molecule has 0 amide bonds. The smallest absolute Gasteiger partial charge is 0.183 e. The van der Waals surface area contributed by atoms with E-state index in [-0.39, 0.29) is 0 Å². The highest BCUT2D eigenvalue weighted by atomic mass is 127. The molecule has 1 rings (SSSR count). The minimum atomic E-state index is -1.43. The van der Waals surface area contributed by atoms with Crippen molar-refractivity contribution in [2.75, 3.05) is 4.43 Å². The third kappa shape index (κ3) is 1.88. The summed E-state index contributed by atoms with van der Waals surface area (Å²) < 4.78 is 5.26. The van der Waals surface area contributed by atoms with Crippen molar-refractivity contribution in [2.45, 2.75) is 30.7 Å². The van der Waals surface area contributed by atoms with Gasteiger partial charge in [-0.15, -0.1) is 0 Å². The van der Waals surface area contributed by atoms with Crippen LogP contribution < -0.4 is 0 Å². The molecule has 1 heterocycles. The van der Waals surface area contributed by atoms with Crippen molar-refractivity contribution in [3.63, 3.8) is 0 Å². The predicted octanol–water partition coefficient (Wildman–Crippen LogP) is -1.78. The zero-order chi connectivity index (χ0) is 9.30. The number of rotatable bonds is 1. The van der Waals surface area contributed by atoms with E-state index in [0.717, 1.165) is 0 Å². The van der Waals surface area contributed by atoms with Crippen molar-refractivity contribution in [3.05, 3.63) is 0 Å². The summed E-state index contributed by atoms with van der Waals surface area (Å²) in [5.74, 6) is 0. The average molecular weight is 290 g/mol. The fourth-order valence-electron chi connectivity index (χ4n) is 1.06. The van der Waals surface area contributed by atoms with Crippen LogP contribution in [0.25, 0.3) is 0 Å². The Balaban J connectivity index is 2.63. The first kappa shape index (κ1) is 10.6. The number of halogens is 1. The molecule has 0 aromatic heterocycles. The van der Waals surface area contributed by atoms with Gasteiger partial charge in [0.15, 0.2) is 6.29 Å². The lowest BCUT2D eigenvalue weighted by Crippen LogP contribution is -2.57. The van der Waals surface area contributed by atoms with Crippen LogP contribution in [0.5, 0.6) is 0 Å². The normalized spacial score (nSPS) is 49.2. The predicted molar refractivity (Wildman–Crippen MR) is 47.8 cm³/mol. The van der Waals surface area contributed by atoms with Crippen LogP contribution in [0.1, 0.15) is 0 Å². The van der Waals surface area contributed by atoms with Gasteiger partial charge in [-0.1, -0.05) is 22.6 Å². The lowest BCUT2D eigenvalue weighted by atomic mass is 10.0. The highest BCUT2D eigenvalue weighted by molar-refractivity contribution is 14.1. The molecule has 1 unspecified atom stereocenters. The van der Waals surface area contributed by atoms with Gasteiger partial charge in [0.25, 0.3) is 0 Å². The number of aliphatic hydroxyl groups is 4. The maximum absolute atomic E-state index is 9.27. The summed E-state index contributed by atoms with van der Waals surface area (Å²) in [6.07, 6.45) is -5.95. The lowest BCUT2D eigenvalue weighted by Gasteiger charge is -2.37. The molecule has 5 nitrogen and oxygen atoms in total. The van der Waals surface area contributed by atoms with Crippen LogP contribution >= 0.6 is 22.6 Å². The summed E-state index contributed by atoms with van der Waals surface area (Å²) in [5.41, 5.74) is 0. The molecule has 1 aliphatic heterocycles. The first-order valence-electron chi connectivity index (χ1n) is 3.51. The van der Waals surface area contributed by atoms with Crippen LogP contribution in [-0.4, -0.2) is 55.6 Å². The standard InChI is InChI=1S/C6H11IO5/c7-1-2-3(8)4(9)5(10)6(11)12-2/h2-6,8-11H,1H2/t2-,3-,4+,5-,6?/m1/s1. The molecule has 1 saturated heterocycles. The molecule has 5 atom stereocenters. The molecule has 0 bridgehead atoms. The third-order valence-corrected chi connectivity index (χ3v) is 2.71. The van der Waals surface area contributed by atoms with Gasteiger partial charge in [0.2, 0.25) is 0 Å². The average Bonchev–Trinajstić information content (AvgIpc) is 2.08. The molecule has 1 fully saturated rings. The maximum Gasteiger partial charge on any atom is 0.183 e. The van der Waals surface area contributed by atoms with Gasteiger partial charge < -0.3 is 25.2 Å². The molecular weight excluding hydrogens is 279 g/mol. The highest BCUT2D eigenvalue weighted by Crippen LogP contribution is 2.20. The Morgan fingerprint density at radius 1 is 1.00 bits per heavy atom. The summed E-state index contributed by atoms with van der Waals surface area (Å²) in [6, 6.07) is 0. The van der Waals surface area contributed by atoms with Gasteiger partial charge in [-0.2, -0.15) is 0 Å². The van der Waals surface area contributed by atoms with Crippen LogP contribution in [0.15, 0.2) is 0 Å². The van der Waals surface area contributed by atoms with Gasteiger partial charge in [0, 0.05) is 4.43 Å². The van der Waals surface area contributed by atoms with E-state index in [2.05, 4.69) is 0 Å². The number of aliphatic hydroxyl groups excluding tert-OH is 4. The molecule has 0 radical (unpaired) electrons. The zero-order valence-corrected chi connectivity index (χ0v) is 8.33. The van der Waals surface area contributed by atoms with Crippen molar-refractivity contribution < 1.29 is 25.2 Å². The molecule has 0 aromatic rings. The quantitative estimate of drug-likeness (QED) is 0.339. The molecule has 0 aliphatic carbocycles. The SMILES string of the molecule is OC1O[C@H](CI)[C@@H](O)[C@H](O)[C@H]1O. The van der Waals surface area contributed by atoms with E-state index in [0.29, 0.717) is 4.43 Å². The fraction of sp³-hybridized carbons (Fsp3) is 1.00. The zero-order valence-electron chi connectivity index (χ0n) is 6.17. The lowest BCUT2D eigenvalue weighted by molar-refractivity contribution is -0.275. The minimum absolute atomic E-state index is 0.444. The van der Waals surface area contributed by atoms with E-state index >= 15 is 0 Å². The van der Waals surface area contributed by atoms with E-state index in [1.807, 2.05) is 22.6 Å². The van der Waals surface area contributed by atoms with Gasteiger partial charge >= 0.3 is 0 Å². The highest BCUT2D eigenvalue weighted by Gasteiger charge is 2.42. The summed E-state index contributed by atoms with van der Waals surface area (Å²) >= 11 is 1.96. The summed E-state index contributed by atoms with van der Waals surface area (Å²) in [6.45, 7) is 0. The first-order valence-corrected chi connectivity index (χ1v) is 5.04. The van der Waals surface area contributed by atoms with E-state index in [1.54, 1.807) is 0 Å². The molecule has 4 N–H and O–H groups in total.